The van der Waals surface area contributed by atoms with E-state index in [0.717, 1.165) is 0 Å². The number of carbonyl (C=O) groups is 2. The van der Waals surface area contributed by atoms with Gasteiger partial charge in [-0.05, 0) is 18.2 Å². The quantitative estimate of drug-likeness (QED) is 0.848. The summed E-state index contributed by atoms with van der Waals surface area (Å²) in [6, 6.07) is 13.7. The van der Waals surface area contributed by atoms with Crippen LogP contribution in [0.1, 0.15) is 21.5 Å². The molecule has 2 rings (SSSR count). The molecule has 0 spiro atoms. The van der Waals surface area contributed by atoms with Crippen molar-refractivity contribution >= 4 is 11.8 Å². The van der Waals surface area contributed by atoms with Gasteiger partial charge >= 0.3 is 5.97 Å². The van der Waals surface area contributed by atoms with Crippen molar-refractivity contribution in [3.05, 3.63) is 65.2 Å². The van der Waals surface area contributed by atoms with Gasteiger partial charge in [-0.2, -0.15) is 0 Å². The van der Waals surface area contributed by atoms with Crippen molar-refractivity contribution in [1.29, 1.82) is 0 Å². The molecular weight excluding hydrogens is 256 g/mol. The Morgan fingerprint density at radius 2 is 1.75 bits per heavy atom. The molecule has 0 amide bonds. The zero-order chi connectivity index (χ0) is 14.5. The van der Waals surface area contributed by atoms with Gasteiger partial charge in [-0.1, -0.05) is 30.3 Å². The average molecular weight is 270 g/mol. The maximum Gasteiger partial charge on any atom is 0.307 e. The monoisotopic (exact) mass is 270 g/mol. The van der Waals surface area contributed by atoms with Crippen molar-refractivity contribution in [3.8, 4) is 5.75 Å². The Hall–Kier alpha value is -2.62. The molecule has 1 N–H and O–H groups in total. The molecule has 0 radical (unpaired) electrons. The van der Waals surface area contributed by atoms with Crippen molar-refractivity contribution in [2.75, 3.05) is 7.11 Å². The fourth-order valence-corrected chi connectivity index (χ4v) is 1.98. The molecule has 4 heteroatoms. The number of carboxylic acid groups (broad SMARTS) is 1. The van der Waals surface area contributed by atoms with Crippen molar-refractivity contribution in [2.45, 2.75) is 6.42 Å². The van der Waals surface area contributed by atoms with Crippen LogP contribution in [0.25, 0.3) is 0 Å². The predicted molar refractivity (Wildman–Crippen MR) is 74.2 cm³/mol. The van der Waals surface area contributed by atoms with E-state index in [-0.39, 0.29) is 12.2 Å². The number of benzene rings is 2. The highest BCUT2D eigenvalue weighted by Gasteiger charge is 2.13. The predicted octanol–water partition coefficient (Wildman–Crippen LogP) is 2.55. The highest BCUT2D eigenvalue weighted by atomic mass is 16.5. The van der Waals surface area contributed by atoms with Crippen molar-refractivity contribution in [3.63, 3.8) is 0 Å². The Bertz CT molecular complexity index is 632. The van der Waals surface area contributed by atoms with Crippen molar-refractivity contribution in [2.24, 2.45) is 0 Å². The van der Waals surface area contributed by atoms with E-state index < -0.39 is 5.97 Å². The van der Waals surface area contributed by atoms with Gasteiger partial charge in [0, 0.05) is 16.7 Å². The number of aliphatic carboxylic acids is 1. The Morgan fingerprint density at radius 1 is 1.05 bits per heavy atom. The van der Waals surface area contributed by atoms with Gasteiger partial charge in [0.1, 0.15) is 5.75 Å². The van der Waals surface area contributed by atoms with Gasteiger partial charge in [0.2, 0.25) is 0 Å². The van der Waals surface area contributed by atoms with Crippen LogP contribution in [0, 0.1) is 0 Å². The van der Waals surface area contributed by atoms with Gasteiger partial charge in [0.05, 0.1) is 13.5 Å². The van der Waals surface area contributed by atoms with E-state index in [1.54, 1.807) is 42.5 Å². The highest BCUT2D eigenvalue weighted by Crippen LogP contribution is 2.22. The fourth-order valence-electron chi connectivity index (χ4n) is 1.98. The van der Waals surface area contributed by atoms with Crippen LogP contribution < -0.4 is 4.74 Å². The Kier molecular flexibility index (Phi) is 4.15. The van der Waals surface area contributed by atoms with Crippen LogP contribution >= 0.6 is 0 Å². The maximum atomic E-state index is 12.3. The molecular formula is C16H14O4. The van der Waals surface area contributed by atoms with Crippen molar-refractivity contribution in [1.82, 2.24) is 0 Å². The number of rotatable bonds is 5. The number of hydrogen-bond acceptors (Lipinski definition) is 3. The van der Waals surface area contributed by atoms with Crippen molar-refractivity contribution < 1.29 is 19.4 Å². The molecule has 20 heavy (non-hydrogen) atoms. The second kappa shape index (κ2) is 6.02. The molecule has 0 bridgehead atoms. The molecule has 2 aromatic rings. The molecule has 102 valence electrons. The Labute approximate surface area is 116 Å². The lowest BCUT2D eigenvalue weighted by molar-refractivity contribution is -0.136. The van der Waals surface area contributed by atoms with E-state index in [4.69, 9.17) is 9.84 Å². The standard InChI is InChI=1S/C16H14O4/c1-20-14-8-7-12(9-13(14)10-15(17)18)16(19)11-5-3-2-4-6-11/h2-9H,10H2,1H3,(H,17,18). The van der Waals surface area contributed by atoms with Gasteiger partial charge in [0.25, 0.3) is 0 Å². The molecule has 0 aliphatic carbocycles. The first-order valence-corrected chi connectivity index (χ1v) is 6.10. The first kappa shape index (κ1) is 13.8. The number of ketones is 1. The summed E-state index contributed by atoms with van der Waals surface area (Å²) in [5.41, 5.74) is 1.51. The minimum atomic E-state index is -0.965. The Morgan fingerprint density at radius 3 is 2.35 bits per heavy atom. The van der Waals surface area contributed by atoms with Gasteiger partial charge in [-0.15, -0.1) is 0 Å². The number of carboxylic acids is 1. The third-order valence-corrected chi connectivity index (χ3v) is 2.92. The third-order valence-electron chi connectivity index (χ3n) is 2.92. The van der Waals surface area contributed by atoms with Crippen LogP contribution in [0.15, 0.2) is 48.5 Å². The van der Waals surface area contributed by atoms with E-state index >= 15 is 0 Å². The molecule has 0 aromatic heterocycles. The second-order valence-electron chi connectivity index (χ2n) is 4.29. The maximum absolute atomic E-state index is 12.3. The van der Waals surface area contributed by atoms with Crippen LogP contribution in [-0.4, -0.2) is 24.0 Å². The summed E-state index contributed by atoms with van der Waals surface area (Å²) >= 11 is 0. The van der Waals surface area contributed by atoms with E-state index in [9.17, 15) is 9.59 Å². The molecule has 0 saturated carbocycles. The first-order chi connectivity index (χ1) is 9.61. The normalized spacial score (nSPS) is 10.1. The molecule has 4 nitrogen and oxygen atoms in total. The molecule has 0 aliphatic rings. The minimum absolute atomic E-state index is 0.139. The van der Waals surface area contributed by atoms with E-state index in [1.807, 2.05) is 6.07 Å². The van der Waals surface area contributed by atoms with E-state index in [2.05, 4.69) is 0 Å². The lowest BCUT2D eigenvalue weighted by atomic mass is 9.99. The summed E-state index contributed by atoms with van der Waals surface area (Å²) in [7, 11) is 1.47. The smallest absolute Gasteiger partial charge is 0.307 e. The van der Waals surface area contributed by atoms with Gasteiger partial charge in [0.15, 0.2) is 5.78 Å². The van der Waals surface area contributed by atoms with E-state index in [0.29, 0.717) is 22.4 Å². The Balaban J connectivity index is 2.38. The molecule has 0 saturated heterocycles. The van der Waals surface area contributed by atoms with Gasteiger partial charge in [-0.25, -0.2) is 0 Å². The minimum Gasteiger partial charge on any atom is -0.496 e. The zero-order valence-corrected chi connectivity index (χ0v) is 11.0. The summed E-state index contributed by atoms with van der Waals surface area (Å²) in [6.45, 7) is 0. The largest absolute Gasteiger partial charge is 0.496 e. The molecule has 0 heterocycles. The van der Waals surface area contributed by atoms with Crippen LogP contribution in [-0.2, 0) is 11.2 Å². The lowest BCUT2D eigenvalue weighted by Gasteiger charge is -2.09. The molecule has 2 aromatic carbocycles. The van der Waals surface area contributed by atoms with E-state index in [1.165, 1.54) is 7.11 Å². The molecule has 0 atom stereocenters. The topological polar surface area (TPSA) is 63.6 Å². The SMILES string of the molecule is COc1ccc(C(=O)c2ccccc2)cc1CC(=O)O. The summed E-state index contributed by atoms with van der Waals surface area (Å²) < 4.78 is 5.11. The average Bonchev–Trinajstić information content (AvgIpc) is 2.46. The summed E-state index contributed by atoms with van der Waals surface area (Å²) in [6.07, 6.45) is -0.181. The van der Waals surface area contributed by atoms with Gasteiger partial charge < -0.3 is 9.84 Å². The fraction of sp³-hybridized carbons (Fsp3) is 0.125. The van der Waals surface area contributed by atoms with Gasteiger partial charge in [-0.3, -0.25) is 9.59 Å². The second-order valence-corrected chi connectivity index (χ2v) is 4.29. The van der Waals surface area contributed by atoms with Crippen LogP contribution in [0.3, 0.4) is 0 Å². The highest BCUT2D eigenvalue weighted by molar-refractivity contribution is 6.09. The van der Waals surface area contributed by atoms with Crippen LogP contribution in [0.5, 0.6) is 5.75 Å². The summed E-state index contributed by atoms with van der Waals surface area (Å²) in [5.74, 6) is -0.635. The van der Waals surface area contributed by atoms with Crippen LogP contribution in [0.4, 0.5) is 0 Å². The number of carbonyl (C=O) groups excluding carboxylic acids is 1. The molecule has 0 aliphatic heterocycles. The number of methoxy groups -OCH3 is 1. The first-order valence-electron chi connectivity index (χ1n) is 6.10. The summed E-state index contributed by atoms with van der Waals surface area (Å²) in [4.78, 5) is 23.1. The summed E-state index contributed by atoms with van der Waals surface area (Å²) in [5, 5.41) is 8.89. The number of ether oxygens (including phenoxy) is 1. The molecule has 0 fully saturated rings. The lowest BCUT2D eigenvalue weighted by Crippen LogP contribution is -2.06. The third kappa shape index (κ3) is 3.03. The number of hydrogen-bond donors (Lipinski definition) is 1. The zero-order valence-electron chi connectivity index (χ0n) is 11.0. The van der Waals surface area contributed by atoms with Crippen LogP contribution in [0.2, 0.25) is 0 Å². The molecule has 0 unspecified atom stereocenters.